The van der Waals surface area contributed by atoms with Crippen molar-refractivity contribution in [3.05, 3.63) is 82.0 Å². The van der Waals surface area contributed by atoms with Crippen molar-refractivity contribution in [2.75, 3.05) is 5.32 Å². The van der Waals surface area contributed by atoms with Gasteiger partial charge in [0.05, 0.1) is 23.0 Å². The first-order valence-electron chi connectivity index (χ1n) is 8.62. The first-order valence-corrected chi connectivity index (χ1v) is 8.62. The summed E-state index contributed by atoms with van der Waals surface area (Å²) in [6.45, 7) is 0. The molecule has 1 aliphatic heterocycles. The van der Waals surface area contributed by atoms with Gasteiger partial charge >= 0.3 is 5.56 Å². The smallest absolute Gasteiger partial charge is 0.305 e. The van der Waals surface area contributed by atoms with Crippen LogP contribution in [0.25, 0.3) is 10.8 Å². The van der Waals surface area contributed by atoms with E-state index in [1.807, 2.05) is 0 Å². The summed E-state index contributed by atoms with van der Waals surface area (Å²) < 4.78 is 29.4. The van der Waals surface area contributed by atoms with Crippen molar-refractivity contribution in [3.63, 3.8) is 0 Å². The highest BCUT2D eigenvalue weighted by atomic mass is 19.2. The molecule has 1 aliphatic rings. The maximum absolute atomic E-state index is 14.3. The second-order valence-corrected chi connectivity index (χ2v) is 6.67. The summed E-state index contributed by atoms with van der Waals surface area (Å²) in [6.07, 6.45) is 1.40. The van der Waals surface area contributed by atoms with Crippen LogP contribution >= 0.6 is 0 Å². The van der Waals surface area contributed by atoms with Gasteiger partial charge in [0.25, 0.3) is 0 Å². The van der Waals surface area contributed by atoms with Crippen molar-refractivity contribution in [1.82, 2.24) is 24.8 Å². The van der Waals surface area contributed by atoms with E-state index >= 15 is 0 Å². The molecule has 3 heterocycles. The molecule has 0 unspecified atom stereocenters. The summed E-state index contributed by atoms with van der Waals surface area (Å²) in [7, 11) is 1.73. The van der Waals surface area contributed by atoms with Crippen LogP contribution in [0.4, 0.5) is 14.6 Å². The second-order valence-electron chi connectivity index (χ2n) is 6.67. The molecule has 0 saturated carbocycles. The minimum atomic E-state index is -0.820. The maximum Gasteiger partial charge on any atom is 0.305 e. The number of nitrogens with zero attached hydrogens (tertiary/aromatic N) is 5. The van der Waals surface area contributed by atoms with E-state index in [2.05, 4.69) is 20.5 Å². The van der Waals surface area contributed by atoms with E-state index in [9.17, 15) is 13.7 Å². The number of nitrogens with one attached hydrogen (secondary N) is 1. The quantitative estimate of drug-likeness (QED) is 0.579. The lowest BCUT2D eigenvalue weighted by molar-refractivity contribution is 0.291. The maximum atomic E-state index is 14.3. The van der Waals surface area contributed by atoms with E-state index in [0.717, 1.165) is 5.56 Å². The van der Waals surface area contributed by atoms with Gasteiger partial charge in [-0.25, -0.2) is 9.37 Å². The van der Waals surface area contributed by atoms with Crippen molar-refractivity contribution in [2.24, 2.45) is 7.05 Å². The molecule has 28 heavy (non-hydrogen) atoms. The first-order chi connectivity index (χ1) is 13.5. The topological polar surface area (TPSA) is 77.6 Å². The minimum Gasteiger partial charge on any atom is -0.377 e. The zero-order valence-corrected chi connectivity index (χ0v) is 14.7. The number of aryl methyl sites for hydroxylation is 1. The Morgan fingerprint density at radius 3 is 2.64 bits per heavy atom. The van der Waals surface area contributed by atoms with Gasteiger partial charge in [-0.05, 0) is 29.8 Å². The van der Waals surface area contributed by atoms with Crippen molar-refractivity contribution in [1.29, 1.82) is 0 Å². The average molecular weight is 380 g/mol. The number of hydrogen-bond acceptors (Lipinski definition) is 5. The SMILES string of the molecule is Cn1ncnc1[C@H]1c2nn(F)c(=O)c3cccc(c23)N[C@@H]1c1ccc(F)cc1. The first kappa shape index (κ1) is 16.5. The highest BCUT2D eigenvalue weighted by Gasteiger charge is 2.38. The molecule has 2 aromatic heterocycles. The van der Waals surface area contributed by atoms with E-state index in [4.69, 9.17) is 0 Å². The molecule has 0 fully saturated rings. The zero-order valence-electron chi connectivity index (χ0n) is 14.7. The Hall–Kier alpha value is -3.62. The number of anilines is 1. The van der Waals surface area contributed by atoms with Gasteiger partial charge in [0.1, 0.15) is 18.0 Å². The fourth-order valence-corrected chi connectivity index (χ4v) is 3.85. The van der Waals surface area contributed by atoms with Crippen LogP contribution in [0.1, 0.15) is 29.0 Å². The Morgan fingerprint density at radius 1 is 1.14 bits per heavy atom. The van der Waals surface area contributed by atoms with Gasteiger partial charge in [-0.2, -0.15) is 5.10 Å². The number of halogens is 2. The predicted molar refractivity (Wildman–Crippen MR) is 98.1 cm³/mol. The Kier molecular flexibility index (Phi) is 3.51. The van der Waals surface area contributed by atoms with Gasteiger partial charge in [0, 0.05) is 18.1 Å². The van der Waals surface area contributed by atoms with Crippen molar-refractivity contribution >= 4 is 16.5 Å². The van der Waals surface area contributed by atoms with Gasteiger partial charge in [-0.1, -0.05) is 27.6 Å². The lowest BCUT2D eigenvalue weighted by Crippen LogP contribution is -2.31. The molecule has 140 valence electrons. The predicted octanol–water partition coefficient (Wildman–Crippen LogP) is 2.70. The van der Waals surface area contributed by atoms with Crippen molar-refractivity contribution in [3.8, 4) is 0 Å². The monoisotopic (exact) mass is 380 g/mol. The fraction of sp³-hybridized carbons (Fsp3) is 0.158. The summed E-state index contributed by atoms with van der Waals surface area (Å²) >= 11 is 0. The van der Waals surface area contributed by atoms with E-state index in [-0.39, 0.29) is 16.1 Å². The summed E-state index contributed by atoms with van der Waals surface area (Å²) in [4.78, 5) is 16.4. The third kappa shape index (κ3) is 2.32. The normalized spacial score (nSPS) is 18.2. The van der Waals surface area contributed by atoms with Crippen LogP contribution in [0.5, 0.6) is 0 Å². The van der Waals surface area contributed by atoms with Crippen LogP contribution in [0.2, 0.25) is 0 Å². The van der Waals surface area contributed by atoms with E-state index < -0.39 is 17.5 Å². The Morgan fingerprint density at radius 2 is 1.93 bits per heavy atom. The number of rotatable bonds is 2. The Bertz CT molecular complexity index is 1260. The standard InChI is InChI=1S/C19H14F2N6O/c1-26-18(22-9-23-26)15-16(10-5-7-11(20)8-6-10)24-13-4-2-3-12-14(13)17(15)25-27(21)19(12)28/h2-9,15-16,24H,1H3/t15-,16-/m1/s1. The molecule has 0 saturated heterocycles. The average Bonchev–Trinajstić information content (AvgIpc) is 3.11. The number of benzene rings is 2. The highest BCUT2D eigenvalue weighted by molar-refractivity contribution is 5.97. The van der Waals surface area contributed by atoms with Gasteiger partial charge in [0.2, 0.25) is 0 Å². The third-order valence-corrected chi connectivity index (χ3v) is 5.11. The summed E-state index contributed by atoms with van der Waals surface area (Å²) in [5.41, 5.74) is 0.983. The molecule has 2 aromatic carbocycles. The van der Waals surface area contributed by atoms with Crippen LogP contribution < -0.4 is 10.9 Å². The third-order valence-electron chi connectivity index (χ3n) is 5.11. The summed E-state index contributed by atoms with van der Waals surface area (Å²) in [5.74, 6) is -0.352. The lowest BCUT2D eigenvalue weighted by Gasteiger charge is -2.33. The van der Waals surface area contributed by atoms with Crippen molar-refractivity contribution in [2.45, 2.75) is 12.0 Å². The molecule has 7 nitrogen and oxygen atoms in total. The Balaban J connectivity index is 1.83. The van der Waals surface area contributed by atoms with Crippen LogP contribution in [0, 0.1) is 5.82 Å². The van der Waals surface area contributed by atoms with E-state index in [1.165, 1.54) is 18.5 Å². The highest BCUT2D eigenvalue weighted by Crippen LogP contribution is 2.45. The molecular weight excluding hydrogens is 366 g/mol. The lowest BCUT2D eigenvalue weighted by atomic mass is 9.83. The molecule has 0 spiro atoms. The zero-order chi connectivity index (χ0) is 19.4. The molecule has 5 rings (SSSR count). The van der Waals surface area contributed by atoms with E-state index in [1.54, 1.807) is 42.1 Å². The van der Waals surface area contributed by atoms with Crippen LogP contribution in [-0.4, -0.2) is 24.8 Å². The fourth-order valence-electron chi connectivity index (χ4n) is 3.85. The Labute approximate surface area is 157 Å². The molecule has 9 heteroatoms. The van der Waals surface area contributed by atoms with Crippen LogP contribution in [0.3, 0.4) is 0 Å². The summed E-state index contributed by atoms with van der Waals surface area (Å²) in [5, 5.41) is 12.2. The molecule has 0 bridgehead atoms. The molecule has 4 aromatic rings. The molecule has 0 aliphatic carbocycles. The minimum absolute atomic E-state index is 0.141. The van der Waals surface area contributed by atoms with Crippen LogP contribution in [0.15, 0.2) is 53.6 Å². The molecule has 1 N–H and O–H groups in total. The molecule has 2 atom stereocenters. The van der Waals surface area contributed by atoms with Gasteiger partial charge < -0.3 is 5.32 Å². The molecule has 0 amide bonds. The van der Waals surface area contributed by atoms with Gasteiger partial charge in [0.15, 0.2) is 0 Å². The van der Waals surface area contributed by atoms with Gasteiger partial charge in [-0.3, -0.25) is 9.48 Å². The van der Waals surface area contributed by atoms with Crippen LogP contribution in [-0.2, 0) is 7.05 Å². The molecule has 0 radical (unpaired) electrons. The number of hydrogen-bond donors (Lipinski definition) is 1. The van der Waals surface area contributed by atoms with Crippen molar-refractivity contribution < 1.29 is 8.87 Å². The van der Waals surface area contributed by atoms with Gasteiger partial charge in [-0.15, -0.1) is 5.10 Å². The van der Waals surface area contributed by atoms with E-state index in [0.29, 0.717) is 22.6 Å². The second kappa shape index (κ2) is 5.95. The number of aromatic nitrogens is 5. The summed E-state index contributed by atoms with van der Waals surface area (Å²) in [6, 6.07) is 10.7. The molecular formula is C19H14F2N6O. The largest absolute Gasteiger partial charge is 0.377 e.